The molecule has 1 aliphatic heterocycles. The molecular formula is C15H22N2O4. The average Bonchev–Trinajstić information content (AvgIpc) is 2.53. The molecule has 0 radical (unpaired) electrons. The van der Waals surface area contributed by atoms with E-state index in [4.69, 9.17) is 14.3 Å². The SMILES string of the molecule is COc1ccc(CC(=O)NOCCN2CCOCC2)cc1. The Bertz CT molecular complexity index is 430. The predicted molar refractivity (Wildman–Crippen MR) is 78.1 cm³/mol. The van der Waals surface area contributed by atoms with Crippen molar-refractivity contribution in [3.8, 4) is 5.75 Å². The fourth-order valence-electron chi connectivity index (χ4n) is 2.10. The number of hydroxylamine groups is 1. The number of carbonyl (C=O) groups excluding carboxylic acids is 1. The molecule has 1 aromatic carbocycles. The minimum atomic E-state index is -0.151. The summed E-state index contributed by atoms with van der Waals surface area (Å²) < 4.78 is 10.3. The Balaban J connectivity index is 1.60. The molecule has 0 bridgehead atoms. The largest absolute Gasteiger partial charge is 0.497 e. The van der Waals surface area contributed by atoms with Crippen LogP contribution in [-0.2, 0) is 20.8 Å². The summed E-state index contributed by atoms with van der Waals surface area (Å²) in [6.07, 6.45) is 0.293. The minimum Gasteiger partial charge on any atom is -0.497 e. The molecule has 1 fully saturated rings. The number of morpholine rings is 1. The van der Waals surface area contributed by atoms with Gasteiger partial charge >= 0.3 is 0 Å². The highest BCUT2D eigenvalue weighted by Crippen LogP contribution is 2.11. The summed E-state index contributed by atoms with van der Waals surface area (Å²) in [5.74, 6) is 0.628. The third-order valence-electron chi connectivity index (χ3n) is 3.32. The maximum absolute atomic E-state index is 11.7. The summed E-state index contributed by atoms with van der Waals surface area (Å²) in [6.45, 7) is 4.65. The first-order valence-electron chi connectivity index (χ1n) is 7.11. The number of rotatable bonds is 7. The van der Waals surface area contributed by atoms with Crippen molar-refractivity contribution in [3.05, 3.63) is 29.8 Å². The van der Waals surface area contributed by atoms with E-state index in [0.717, 1.165) is 44.2 Å². The number of benzene rings is 1. The molecule has 0 saturated carbocycles. The van der Waals surface area contributed by atoms with Crippen molar-refractivity contribution in [2.45, 2.75) is 6.42 Å². The Labute approximate surface area is 124 Å². The Hall–Kier alpha value is -1.63. The Morgan fingerprint density at radius 1 is 1.29 bits per heavy atom. The number of hydrogen-bond donors (Lipinski definition) is 1. The number of nitrogens with zero attached hydrogens (tertiary/aromatic N) is 1. The van der Waals surface area contributed by atoms with Crippen LogP contribution in [0.2, 0.25) is 0 Å². The molecule has 0 aliphatic carbocycles. The molecule has 2 rings (SSSR count). The molecule has 1 aliphatic rings. The topological polar surface area (TPSA) is 60.0 Å². The van der Waals surface area contributed by atoms with Gasteiger partial charge in [-0.15, -0.1) is 0 Å². The fraction of sp³-hybridized carbons (Fsp3) is 0.533. The third-order valence-corrected chi connectivity index (χ3v) is 3.32. The smallest absolute Gasteiger partial charge is 0.247 e. The molecule has 6 heteroatoms. The van der Waals surface area contributed by atoms with Gasteiger partial charge in [-0.05, 0) is 17.7 Å². The number of carbonyl (C=O) groups is 1. The van der Waals surface area contributed by atoms with Gasteiger partial charge in [0.05, 0.1) is 33.4 Å². The summed E-state index contributed by atoms with van der Waals surface area (Å²) in [7, 11) is 1.62. The van der Waals surface area contributed by atoms with E-state index >= 15 is 0 Å². The van der Waals surface area contributed by atoms with Gasteiger partial charge in [0, 0.05) is 19.6 Å². The highest BCUT2D eigenvalue weighted by molar-refractivity contribution is 5.77. The monoisotopic (exact) mass is 294 g/mol. The lowest BCUT2D eigenvalue weighted by Crippen LogP contribution is -2.39. The molecule has 0 aromatic heterocycles. The first-order valence-corrected chi connectivity index (χ1v) is 7.11. The summed E-state index contributed by atoms with van der Waals surface area (Å²) >= 11 is 0. The minimum absolute atomic E-state index is 0.151. The van der Waals surface area contributed by atoms with Crippen LogP contribution in [0.25, 0.3) is 0 Å². The van der Waals surface area contributed by atoms with E-state index in [2.05, 4.69) is 10.4 Å². The van der Waals surface area contributed by atoms with Crippen LogP contribution in [-0.4, -0.2) is 57.4 Å². The van der Waals surface area contributed by atoms with E-state index in [1.54, 1.807) is 7.11 Å². The summed E-state index contributed by atoms with van der Waals surface area (Å²) in [4.78, 5) is 19.2. The Morgan fingerprint density at radius 2 is 2.00 bits per heavy atom. The van der Waals surface area contributed by atoms with Crippen molar-refractivity contribution in [2.24, 2.45) is 0 Å². The first kappa shape index (κ1) is 15.8. The molecule has 1 aromatic rings. The van der Waals surface area contributed by atoms with Crippen LogP contribution in [0.3, 0.4) is 0 Å². The van der Waals surface area contributed by atoms with Crippen molar-refractivity contribution in [3.63, 3.8) is 0 Å². The van der Waals surface area contributed by atoms with Crippen molar-refractivity contribution in [1.82, 2.24) is 10.4 Å². The van der Waals surface area contributed by atoms with Crippen LogP contribution < -0.4 is 10.2 Å². The number of amides is 1. The van der Waals surface area contributed by atoms with Gasteiger partial charge in [0.1, 0.15) is 5.75 Å². The van der Waals surface area contributed by atoms with Gasteiger partial charge in [-0.25, -0.2) is 5.48 Å². The molecular weight excluding hydrogens is 272 g/mol. The Morgan fingerprint density at radius 3 is 2.67 bits per heavy atom. The first-order chi connectivity index (χ1) is 10.3. The van der Waals surface area contributed by atoms with Gasteiger partial charge in [0.15, 0.2) is 0 Å². The highest BCUT2D eigenvalue weighted by atomic mass is 16.7. The predicted octanol–water partition coefficient (Wildman–Crippen LogP) is 0.618. The summed E-state index contributed by atoms with van der Waals surface area (Å²) in [5, 5.41) is 0. The quantitative estimate of drug-likeness (QED) is 0.590. The molecule has 1 amide bonds. The second-order valence-electron chi connectivity index (χ2n) is 4.85. The zero-order chi connectivity index (χ0) is 14.9. The molecule has 6 nitrogen and oxygen atoms in total. The molecule has 1 saturated heterocycles. The van der Waals surface area contributed by atoms with Crippen LogP contribution in [0.1, 0.15) is 5.56 Å². The maximum atomic E-state index is 11.7. The van der Waals surface area contributed by atoms with E-state index < -0.39 is 0 Å². The van der Waals surface area contributed by atoms with Crippen LogP contribution >= 0.6 is 0 Å². The normalized spacial score (nSPS) is 15.7. The van der Waals surface area contributed by atoms with Gasteiger partial charge in [0.2, 0.25) is 5.91 Å². The van der Waals surface area contributed by atoms with Gasteiger partial charge in [-0.1, -0.05) is 12.1 Å². The lowest BCUT2D eigenvalue weighted by atomic mass is 10.1. The van der Waals surface area contributed by atoms with E-state index in [1.807, 2.05) is 24.3 Å². The number of hydrogen-bond acceptors (Lipinski definition) is 5. The van der Waals surface area contributed by atoms with E-state index in [0.29, 0.717) is 13.0 Å². The Kier molecular flexibility index (Phi) is 6.46. The second-order valence-corrected chi connectivity index (χ2v) is 4.85. The van der Waals surface area contributed by atoms with Crippen molar-refractivity contribution in [2.75, 3.05) is 46.6 Å². The van der Waals surface area contributed by atoms with Gasteiger partial charge < -0.3 is 9.47 Å². The maximum Gasteiger partial charge on any atom is 0.247 e. The standard InChI is InChI=1S/C15H22N2O4/c1-19-14-4-2-13(3-5-14)12-15(18)16-21-11-8-17-6-9-20-10-7-17/h2-5H,6-12H2,1H3,(H,16,18). The van der Waals surface area contributed by atoms with Crippen LogP contribution in [0.15, 0.2) is 24.3 Å². The second kappa shape index (κ2) is 8.61. The molecule has 1 N–H and O–H groups in total. The summed E-state index contributed by atoms with van der Waals surface area (Å²) in [6, 6.07) is 7.40. The van der Waals surface area contributed by atoms with Crippen LogP contribution in [0, 0.1) is 0 Å². The lowest BCUT2D eigenvalue weighted by molar-refractivity contribution is -0.133. The third kappa shape index (κ3) is 5.71. The average molecular weight is 294 g/mol. The molecule has 116 valence electrons. The van der Waals surface area contributed by atoms with Crippen molar-refractivity contribution < 1.29 is 19.1 Å². The number of nitrogens with one attached hydrogen (secondary N) is 1. The number of ether oxygens (including phenoxy) is 2. The molecule has 0 atom stereocenters. The van der Waals surface area contributed by atoms with Crippen molar-refractivity contribution in [1.29, 1.82) is 0 Å². The fourth-order valence-corrected chi connectivity index (χ4v) is 2.10. The zero-order valence-corrected chi connectivity index (χ0v) is 12.3. The number of methoxy groups -OCH3 is 1. The lowest BCUT2D eigenvalue weighted by Gasteiger charge is -2.26. The molecule has 0 spiro atoms. The molecule has 21 heavy (non-hydrogen) atoms. The van der Waals surface area contributed by atoms with Crippen LogP contribution in [0.4, 0.5) is 0 Å². The van der Waals surface area contributed by atoms with E-state index in [-0.39, 0.29) is 5.91 Å². The van der Waals surface area contributed by atoms with Gasteiger partial charge in [-0.3, -0.25) is 14.5 Å². The molecule has 1 heterocycles. The van der Waals surface area contributed by atoms with Gasteiger partial charge in [-0.2, -0.15) is 0 Å². The van der Waals surface area contributed by atoms with Gasteiger partial charge in [0.25, 0.3) is 0 Å². The van der Waals surface area contributed by atoms with Crippen LogP contribution in [0.5, 0.6) is 5.75 Å². The molecule has 0 unspecified atom stereocenters. The highest BCUT2D eigenvalue weighted by Gasteiger charge is 2.10. The van der Waals surface area contributed by atoms with E-state index in [1.165, 1.54) is 0 Å². The zero-order valence-electron chi connectivity index (χ0n) is 12.3. The summed E-state index contributed by atoms with van der Waals surface area (Å²) in [5.41, 5.74) is 3.39. The van der Waals surface area contributed by atoms with E-state index in [9.17, 15) is 4.79 Å². The van der Waals surface area contributed by atoms with Crippen molar-refractivity contribution >= 4 is 5.91 Å².